The first-order chi connectivity index (χ1) is 15.8. The third-order valence-electron chi connectivity index (χ3n) is 13.5. The van der Waals surface area contributed by atoms with Crippen molar-refractivity contribution in [3.8, 4) is 0 Å². The Labute approximate surface area is 205 Å². The van der Waals surface area contributed by atoms with Crippen LogP contribution in [0, 0.1) is 50.7 Å². The van der Waals surface area contributed by atoms with E-state index >= 15 is 0 Å². The lowest BCUT2D eigenvalue weighted by atomic mass is 9.41. The van der Waals surface area contributed by atoms with E-state index in [0.29, 0.717) is 40.9 Å². The maximum Gasteiger partial charge on any atom is 0.303 e. The largest absolute Gasteiger partial charge is 0.481 e. The molecule has 5 nitrogen and oxygen atoms in total. The van der Waals surface area contributed by atoms with E-state index in [1.807, 2.05) is 0 Å². The molecule has 1 aliphatic heterocycles. The first-order valence-electron chi connectivity index (χ1n) is 14.1. The van der Waals surface area contributed by atoms with Crippen LogP contribution in [-0.2, 0) is 9.53 Å². The van der Waals surface area contributed by atoms with Gasteiger partial charge in [-0.1, -0.05) is 34.6 Å². The van der Waals surface area contributed by atoms with Crippen LogP contribution in [0.4, 0.5) is 0 Å². The summed E-state index contributed by atoms with van der Waals surface area (Å²) >= 11 is 0. The van der Waals surface area contributed by atoms with E-state index in [9.17, 15) is 20.1 Å². The number of fused-ring (bicyclic) bond motifs is 4. The standard InChI is InChI=1S/C29H46O5/c1-16-14-17(6-9-21(31)32)34-23-22(16)26(4)12-13-29-15-28(29)11-10-20(30)25(2,3)18(28)7-8-19(29)27(26,5)24(23)33/h16-20,22-24,30,33H,6-15H2,1-5H3,(H,31,32)/t16-,17?,18+,19?,20?,22+,23?,24+,26?,27-,28?,29?/m1/s1. The van der Waals surface area contributed by atoms with Crippen LogP contribution >= 0.6 is 0 Å². The molecule has 0 aromatic rings. The Morgan fingerprint density at radius 2 is 1.65 bits per heavy atom. The van der Waals surface area contributed by atoms with Crippen LogP contribution in [0.25, 0.3) is 0 Å². The Balaban J connectivity index is 1.34. The molecule has 0 aromatic heterocycles. The lowest BCUT2D eigenvalue weighted by Crippen LogP contribution is -2.59. The van der Waals surface area contributed by atoms with Crippen molar-refractivity contribution in [2.24, 2.45) is 50.7 Å². The van der Waals surface area contributed by atoms with Crippen molar-refractivity contribution in [3.63, 3.8) is 0 Å². The Morgan fingerprint density at radius 3 is 2.35 bits per heavy atom. The fraction of sp³-hybridized carbons (Fsp3) is 0.966. The normalized spacial score (nSPS) is 59.1. The van der Waals surface area contributed by atoms with Crippen molar-refractivity contribution in [3.05, 3.63) is 0 Å². The number of hydrogen-bond donors (Lipinski definition) is 3. The zero-order valence-electron chi connectivity index (χ0n) is 21.8. The highest BCUT2D eigenvalue weighted by atomic mass is 16.5. The van der Waals surface area contributed by atoms with E-state index in [0.717, 1.165) is 32.1 Å². The minimum absolute atomic E-state index is 0.0222. The minimum Gasteiger partial charge on any atom is -0.481 e. The number of carbonyl (C=O) groups is 1. The van der Waals surface area contributed by atoms with Gasteiger partial charge in [0.1, 0.15) is 0 Å². The van der Waals surface area contributed by atoms with Gasteiger partial charge in [-0.2, -0.15) is 0 Å². The predicted octanol–water partition coefficient (Wildman–Crippen LogP) is 5.03. The van der Waals surface area contributed by atoms with Gasteiger partial charge in [-0.3, -0.25) is 4.79 Å². The average molecular weight is 475 g/mol. The van der Waals surface area contributed by atoms with Gasteiger partial charge in [-0.25, -0.2) is 0 Å². The molecule has 7 unspecified atom stereocenters. The fourth-order valence-corrected chi connectivity index (χ4v) is 11.9. The lowest BCUT2D eigenvalue weighted by molar-refractivity contribution is -0.182. The molecule has 12 atom stereocenters. The molecule has 3 N–H and O–H groups in total. The number of carboxylic acids is 1. The number of aliphatic hydroxyl groups is 2. The Morgan fingerprint density at radius 1 is 0.971 bits per heavy atom. The fourth-order valence-electron chi connectivity index (χ4n) is 11.9. The summed E-state index contributed by atoms with van der Waals surface area (Å²) in [6, 6.07) is 0. The van der Waals surface area contributed by atoms with Crippen molar-refractivity contribution in [1.29, 1.82) is 0 Å². The molecular formula is C29H46O5. The second kappa shape index (κ2) is 7.01. The van der Waals surface area contributed by atoms with E-state index in [1.165, 1.54) is 19.3 Å². The van der Waals surface area contributed by atoms with E-state index in [4.69, 9.17) is 4.74 Å². The smallest absolute Gasteiger partial charge is 0.303 e. The first kappa shape index (κ1) is 23.7. The van der Waals surface area contributed by atoms with Gasteiger partial charge in [0, 0.05) is 11.8 Å². The quantitative estimate of drug-likeness (QED) is 0.534. The summed E-state index contributed by atoms with van der Waals surface area (Å²) in [5, 5.41) is 32.1. The highest BCUT2D eigenvalue weighted by molar-refractivity contribution is 5.66. The van der Waals surface area contributed by atoms with Gasteiger partial charge in [0.25, 0.3) is 0 Å². The molecule has 6 fully saturated rings. The number of aliphatic hydroxyl groups excluding tert-OH is 2. The molecule has 5 aliphatic carbocycles. The minimum atomic E-state index is -0.767. The van der Waals surface area contributed by atoms with Crippen LogP contribution in [0.3, 0.4) is 0 Å². The molecule has 1 heterocycles. The monoisotopic (exact) mass is 474 g/mol. The molecule has 0 radical (unpaired) electrons. The van der Waals surface area contributed by atoms with Gasteiger partial charge in [0.15, 0.2) is 0 Å². The third kappa shape index (κ3) is 2.55. The van der Waals surface area contributed by atoms with Crippen LogP contribution in [-0.4, -0.2) is 45.7 Å². The highest BCUT2D eigenvalue weighted by Crippen LogP contribution is 2.89. The maximum atomic E-state index is 12.1. The van der Waals surface area contributed by atoms with Crippen LogP contribution in [0.2, 0.25) is 0 Å². The molecule has 6 aliphatic rings. The van der Waals surface area contributed by atoms with Crippen molar-refractivity contribution < 1.29 is 24.9 Å². The summed E-state index contributed by atoms with van der Waals surface area (Å²) in [5.74, 6) is 1.10. The maximum absolute atomic E-state index is 12.1. The summed E-state index contributed by atoms with van der Waals surface area (Å²) in [4.78, 5) is 11.2. The topological polar surface area (TPSA) is 87.0 Å². The first-order valence-corrected chi connectivity index (χ1v) is 14.1. The molecule has 0 amide bonds. The molecule has 5 saturated carbocycles. The van der Waals surface area contributed by atoms with Gasteiger partial charge in [0.05, 0.1) is 24.4 Å². The number of rotatable bonds is 3. The van der Waals surface area contributed by atoms with Crippen molar-refractivity contribution >= 4 is 5.97 Å². The number of ether oxygens (including phenoxy) is 1. The molecule has 192 valence electrons. The number of aliphatic carboxylic acids is 1. The van der Waals surface area contributed by atoms with Crippen LogP contribution in [0.5, 0.6) is 0 Å². The second-order valence-electron chi connectivity index (χ2n) is 14.6. The summed E-state index contributed by atoms with van der Waals surface area (Å²) in [5.41, 5.74) is 0.524. The summed E-state index contributed by atoms with van der Waals surface area (Å²) < 4.78 is 6.60. The molecule has 6 rings (SSSR count). The number of hydrogen-bond acceptors (Lipinski definition) is 4. The van der Waals surface area contributed by atoms with E-state index in [2.05, 4.69) is 34.6 Å². The average Bonchev–Trinajstić information content (AvgIpc) is 3.40. The summed E-state index contributed by atoms with van der Waals surface area (Å²) in [6.45, 7) is 11.8. The second-order valence-corrected chi connectivity index (χ2v) is 14.6. The van der Waals surface area contributed by atoms with Gasteiger partial charge < -0.3 is 20.1 Å². The molecule has 2 spiro atoms. The Hall–Kier alpha value is -0.650. The van der Waals surface area contributed by atoms with Crippen molar-refractivity contribution in [2.45, 2.75) is 123 Å². The summed E-state index contributed by atoms with van der Waals surface area (Å²) in [6.07, 6.45) is 8.76. The molecule has 34 heavy (non-hydrogen) atoms. The highest BCUT2D eigenvalue weighted by Gasteiger charge is 2.84. The van der Waals surface area contributed by atoms with Crippen molar-refractivity contribution in [2.75, 3.05) is 0 Å². The lowest BCUT2D eigenvalue weighted by Gasteiger charge is -2.63. The molecule has 5 heteroatoms. The van der Waals surface area contributed by atoms with Crippen molar-refractivity contribution in [1.82, 2.24) is 0 Å². The van der Waals surface area contributed by atoms with Gasteiger partial charge >= 0.3 is 5.97 Å². The zero-order valence-corrected chi connectivity index (χ0v) is 21.8. The van der Waals surface area contributed by atoms with Gasteiger partial charge in [-0.15, -0.1) is 0 Å². The van der Waals surface area contributed by atoms with Crippen LogP contribution in [0.1, 0.15) is 98.8 Å². The SMILES string of the molecule is C[C@@H]1CC(CCC(=O)O)OC2[C@H]1C1(C)CCC34CC35CCC(O)C(C)(C)[C@@H]5CCC4[C@]1(C)[C@H]2O. The number of carboxylic acid groups (broad SMARTS) is 1. The third-order valence-corrected chi connectivity index (χ3v) is 13.5. The molecule has 0 aromatic carbocycles. The zero-order chi connectivity index (χ0) is 24.5. The van der Waals surface area contributed by atoms with E-state index in [-0.39, 0.29) is 41.0 Å². The summed E-state index contributed by atoms with van der Waals surface area (Å²) in [7, 11) is 0. The van der Waals surface area contributed by atoms with Crippen LogP contribution < -0.4 is 0 Å². The molecule has 1 saturated heterocycles. The Kier molecular flexibility index (Phi) is 4.89. The molecular weight excluding hydrogens is 428 g/mol. The van der Waals surface area contributed by atoms with Gasteiger partial charge in [0.2, 0.25) is 0 Å². The molecule has 0 bridgehead atoms. The van der Waals surface area contributed by atoms with E-state index < -0.39 is 12.1 Å². The predicted molar refractivity (Wildman–Crippen MR) is 129 cm³/mol. The van der Waals surface area contributed by atoms with Gasteiger partial charge in [-0.05, 0) is 103 Å². The Bertz CT molecular complexity index is 886. The van der Waals surface area contributed by atoms with E-state index in [1.54, 1.807) is 0 Å². The van der Waals surface area contributed by atoms with Crippen LogP contribution in [0.15, 0.2) is 0 Å².